The number of nitrogens with one attached hydrogen (secondary N) is 1. The molecule has 2 N–H and O–H groups in total. The maximum Gasteiger partial charge on any atom is 0.261 e. The predicted molar refractivity (Wildman–Crippen MR) is 85.9 cm³/mol. The quantitative estimate of drug-likeness (QED) is 0.858. The molecule has 0 saturated heterocycles. The van der Waals surface area contributed by atoms with E-state index in [0.717, 1.165) is 5.56 Å². The van der Waals surface area contributed by atoms with E-state index in [1.807, 2.05) is 18.4 Å². The molecule has 6 heteroatoms. The summed E-state index contributed by atoms with van der Waals surface area (Å²) in [6.45, 7) is 2.07. The number of amides is 1. The number of aryl methyl sites for hydroxylation is 1. The Morgan fingerprint density at radius 3 is 2.59 bits per heavy atom. The van der Waals surface area contributed by atoms with E-state index in [-0.39, 0.29) is 12.5 Å². The Morgan fingerprint density at radius 1 is 1.27 bits per heavy atom. The van der Waals surface area contributed by atoms with Crippen LogP contribution in [0.5, 0.6) is 11.5 Å². The Kier molecular flexibility index (Phi) is 5.41. The van der Waals surface area contributed by atoms with Crippen molar-refractivity contribution in [1.82, 2.24) is 5.32 Å². The minimum absolute atomic E-state index is 0.130. The zero-order chi connectivity index (χ0) is 16.1. The standard InChI is InChI=1S/C16H19NO4S/c1-10-6-15(22-9-10)16(19)17-8-12(18)11-4-5-13(20-2)14(7-11)21-3/h4-7,9,12,18H,8H2,1-3H3,(H,17,19)/t12-/m0/s1. The van der Waals surface area contributed by atoms with Gasteiger partial charge in [0.05, 0.1) is 25.2 Å². The van der Waals surface area contributed by atoms with Gasteiger partial charge in [0.25, 0.3) is 5.91 Å². The molecule has 0 unspecified atom stereocenters. The van der Waals surface area contributed by atoms with Crippen LogP contribution in [0.2, 0.25) is 0 Å². The van der Waals surface area contributed by atoms with Gasteiger partial charge in [-0.25, -0.2) is 0 Å². The molecule has 0 spiro atoms. The summed E-state index contributed by atoms with van der Waals surface area (Å²) in [5.41, 5.74) is 1.70. The second-order valence-electron chi connectivity index (χ2n) is 4.83. The molecule has 0 aliphatic carbocycles. The Morgan fingerprint density at radius 2 is 2.00 bits per heavy atom. The van der Waals surface area contributed by atoms with Crippen molar-refractivity contribution in [2.45, 2.75) is 13.0 Å². The molecule has 5 nitrogen and oxygen atoms in total. The number of thiophene rings is 1. The summed E-state index contributed by atoms with van der Waals surface area (Å²) in [4.78, 5) is 12.6. The number of carbonyl (C=O) groups is 1. The molecule has 1 heterocycles. The van der Waals surface area contributed by atoms with E-state index in [9.17, 15) is 9.90 Å². The van der Waals surface area contributed by atoms with Crippen molar-refractivity contribution < 1.29 is 19.4 Å². The van der Waals surface area contributed by atoms with E-state index in [0.29, 0.717) is 21.9 Å². The molecule has 1 atom stereocenters. The van der Waals surface area contributed by atoms with Crippen LogP contribution >= 0.6 is 11.3 Å². The largest absolute Gasteiger partial charge is 0.493 e. The van der Waals surface area contributed by atoms with Crippen molar-refractivity contribution in [2.24, 2.45) is 0 Å². The van der Waals surface area contributed by atoms with Crippen molar-refractivity contribution in [3.63, 3.8) is 0 Å². The van der Waals surface area contributed by atoms with Crippen LogP contribution in [0.3, 0.4) is 0 Å². The fourth-order valence-corrected chi connectivity index (χ4v) is 2.82. The SMILES string of the molecule is COc1ccc([C@@H](O)CNC(=O)c2cc(C)cs2)cc1OC. The molecule has 2 rings (SSSR count). The van der Waals surface area contributed by atoms with E-state index in [1.165, 1.54) is 18.4 Å². The minimum Gasteiger partial charge on any atom is -0.493 e. The smallest absolute Gasteiger partial charge is 0.261 e. The van der Waals surface area contributed by atoms with Crippen molar-refractivity contribution in [2.75, 3.05) is 20.8 Å². The minimum atomic E-state index is -0.815. The van der Waals surface area contributed by atoms with E-state index in [4.69, 9.17) is 9.47 Å². The molecule has 22 heavy (non-hydrogen) atoms. The maximum absolute atomic E-state index is 12.0. The van der Waals surface area contributed by atoms with Crippen molar-refractivity contribution in [3.05, 3.63) is 45.6 Å². The highest BCUT2D eigenvalue weighted by Gasteiger charge is 2.14. The lowest BCUT2D eigenvalue weighted by Gasteiger charge is -2.14. The van der Waals surface area contributed by atoms with Gasteiger partial charge >= 0.3 is 0 Å². The zero-order valence-electron chi connectivity index (χ0n) is 12.8. The van der Waals surface area contributed by atoms with E-state index < -0.39 is 6.10 Å². The molecule has 1 amide bonds. The fourth-order valence-electron chi connectivity index (χ4n) is 2.00. The van der Waals surface area contributed by atoms with Gasteiger partial charge in [-0.2, -0.15) is 0 Å². The average Bonchev–Trinajstić information content (AvgIpc) is 2.98. The topological polar surface area (TPSA) is 67.8 Å². The molecule has 118 valence electrons. The van der Waals surface area contributed by atoms with Crippen LogP contribution in [-0.4, -0.2) is 31.8 Å². The van der Waals surface area contributed by atoms with Crippen LogP contribution in [0.15, 0.2) is 29.6 Å². The third-order valence-electron chi connectivity index (χ3n) is 3.20. The van der Waals surface area contributed by atoms with Crippen LogP contribution in [0.1, 0.15) is 26.9 Å². The Bertz CT molecular complexity index is 653. The van der Waals surface area contributed by atoms with Crippen molar-refractivity contribution in [3.8, 4) is 11.5 Å². The summed E-state index contributed by atoms with van der Waals surface area (Å²) in [5, 5.41) is 14.8. The van der Waals surface area contributed by atoms with Crippen LogP contribution in [0, 0.1) is 6.92 Å². The van der Waals surface area contributed by atoms with Crippen molar-refractivity contribution >= 4 is 17.2 Å². The zero-order valence-corrected chi connectivity index (χ0v) is 13.6. The third kappa shape index (κ3) is 3.78. The third-order valence-corrected chi connectivity index (χ3v) is 4.25. The second-order valence-corrected chi connectivity index (χ2v) is 5.74. The molecule has 1 aromatic heterocycles. The number of aliphatic hydroxyl groups is 1. The number of hydrogen-bond acceptors (Lipinski definition) is 5. The summed E-state index contributed by atoms with van der Waals surface area (Å²) in [7, 11) is 3.09. The molecule has 0 bridgehead atoms. The highest BCUT2D eigenvalue weighted by molar-refractivity contribution is 7.12. The van der Waals surface area contributed by atoms with Crippen LogP contribution in [-0.2, 0) is 0 Å². The van der Waals surface area contributed by atoms with Gasteiger partial charge in [0, 0.05) is 6.54 Å². The Hall–Kier alpha value is -2.05. The average molecular weight is 321 g/mol. The van der Waals surface area contributed by atoms with E-state index in [2.05, 4.69) is 5.32 Å². The molecule has 0 saturated carbocycles. The molecule has 0 fully saturated rings. The van der Waals surface area contributed by atoms with Crippen LogP contribution in [0.4, 0.5) is 0 Å². The van der Waals surface area contributed by atoms with Crippen LogP contribution in [0.25, 0.3) is 0 Å². The lowest BCUT2D eigenvalue weighted by molar-refractivity contribution is 0.0920. The first-order chi connectivity index (χ1) is 10.5. The second kappa shape index (κ2) is 7.29. The van der Waals surface area contributed by atoms with Crippen molar-refractivity contribution in [1.29, 1.82) is 0 Å². The molecule has 2 aromatic rings. The highest BCUT2D eigenvalue weighted by atomic mass is 32.1. The summed E-state index contributed by atoms with van der Waals surface area (Å²) in [5.74, 6) is 0.952. The molecular weight excluding hydrogens is 302 g/mol. The number of carbonyl (C=O) groups excluding carboxylic acids is 1. The van der Waals surface area contributed by atoms with Gasteiger partial charge in [-0.3, -0.25) is 4.79 Å². The monoisotopic (exact) mass is 321 g/mol. The van der Waals surface area contributed by atoms with Gasteiger partial charge < -0.3 is 19.9 Å². The molecule has 0 aliphatic rings. The summed E-state index contributed by atoms with van der Waals surface area (Å²) < 4.78 is 10.4. The number of rotatable bonds is 6. The lowest BCUT2D eigenvalue weighted by atomic mass is 10.1. The Labute approximate surface area is 133 Å². The van der Waals surface area contributed by atoms with Gasteiger partial charge in [-0.15, -0.1) is 11.3 Å². The van der Waals surface area contributed by atoms with Gasteiger partial charge in [0.15, 0.2) is 11.5 Å². The first kappa shape index (κ1) is 16.3. The predicted octanol–water partition coefficient (Wildman–Crippen LogP) is 2.54. The maximum atomic E-state index is 12.0. The number of hydrogen-bond donors (Lipinski definition) is 2. The van der Waals surface area contributed by atoms with Gasteiger partial charge in [-0.1, -0.05) is 6.07 Å². The van der Waals surface area contributed by atoms with E-state index in [1.54, 1.807) is 25.3 Å². The number of benzene rings is 1. The fraction of sp³-hybridized carbons (Fsp3) is 0.312. The lowest BCUT2D eigenvalue weighted by Crippen LogP contribution is -2.27. The molecule has 1 aromatic carbocycles. The summed E-state index contributed by atoms with van der Waals surface area (Å²) in [6.07, 6.45) is -0.815. The normalized spacial score (nSPS) is 11.8. The van der Waals surface area contributed by atoms with Gasteiger partial charge in [0.1, 0.15) is 0 Å². The highest BCUT2D eigenvalue weighted by Crippen LogP contribution is 2.29. The van der Waals surface area contributed by atoms with E-state index >= 15 is 0 Å². The summed E-state index contributed by atoms with van der Waals surface area (Å²) in [6, 6.07) is 6.99. The van der Waals surface area contributed by atoms with Gasteiger partial charge in [0.2, 0.25) is 0 Å². The molecule has 0 radical (unpaired) electrons. The number of methoxy groups -OCH3 is 2. The molecular formula is C16H19NO4S. The number of ether oxygens (including phenoxy) is 2. The first-order valence-electron chi connectivity index (χ1n) is 6.78. The molecule has 0 aliphatic heterocycles. The summed E-state index contributed by atoms with van der Waals surface area (Å²) >= 11 is 1.39. The number of aliphatic hydroxyl groups excluding tert-OH is 1. The van der Waals surface area contributed by atoms with Gasteiger partial charge in [-0.05, 0) is 41.6 Å². The first-order valence-corrected chi connectivity index (χ1v) is 7.66. The van der Waals surface area contributed by atoms with Crippen LogP contribution < -0.4 is 14.8 Å². The Balaban J connectivity index is 2.00.